The van der Waals surface area contributed by atoms with E-state index in [1.54, 1.807) is 29.3 Å². The van der Waals surface area contributed by atoms with Crippen LogP contribution in [0.15, 0.2) is 42.6 Å². The van der Waals surface area contributed by atoms with Gasteiger partial charge in [-0.3, -0.25) is 4.79 Å². The minimum atomic E-state index is -0.359. The molecule has 0 N–H and O–H groups in total. The van der Waals surface area contributed by atoms with Crippen molar-refractivity contribution in [1.29, 1.82) is 0 Å². The number of cyclic esters (lactones) is 1. The van der Waals surface area contributed by atoms with Crippen molar-refractivity contribution >= 4 is 23.7 Å². The molecule has 1 aromatic heterocycles. The minimum absolute atomic E-state index is 0.0385. The molecule has 7 nitrogen and oxygen atoms in total. The van der Waals surface area contributed by atoms with Crippen molar-refractivity contribution in [3.8, 4) is 11.6 Å². The van der Waals surface area contributed by atoms with Crippen LogP contribution in [0.1, 0.15) is 17.9 Å². The standard InChI is InChI=1S/C20H19ClN2O5/c21-16-3-1-2-4-17(16)28-18-6-5-14(8-22-18)15-9-23(10-15)20(25)27-12-13-7-19(24)26-11-13/h1-6,8,13,15H,7,9-12H2/t13-/m0/s1. The van der Waals surface area contributed by atoms with Gasteiger partial charge in [-0.1, -0.05) is 29.8 Å². The molecule has 0 unspecified atom stereocenters. The number of likely N-dealkylation sites (tertiary alicyclic amines) is 1. The molecule has 0 aliphatic carbocycles. The first-order valence-electron chi connectivity index (χ1n) is 9.04. The number of esters is 1. The predicted octanol–water partition coefficient (Wildman–Crippen LogP) is 3.63. The highest BCUT2D eigenvalue weighted by Crippen LogP contribution is 2.31. The highest BCUT2D eigenvalue weighted by Gasteiger charge is 2.34. The van der Waals surface area contributed by atoms with Crippen molar-refractivity contribution in [2.45, 2.75) is 12.3 Å². The van der Waals surface area contributed by atoms with Crippen molar-refractivity contribution in [3.05, 3.63) is 53.2 Å². The zero-order valence-electron chi connectivity index (χ0n) is 15.0. The molecular formula is C20H19ClN2O5. The summed E-state index contributed by atoms with van der Waals surface area (Å²) in [5, 5.41) is 0.523. The van der Waals surface area contributed by atoms with Crippen LogP contribution in [0.25, 0.3) is 0 Å². The van der Waals surface area contributed by atoms with E-state index in [4.69, 9.17) is 25.8 Å². The molecule has 2 aliphatic heterocycles. The molecule has 3 heterocycles. The van der Waals surface area contributed by atoms with Gasteiger partial charge < -0.3 is 19.1 Å². The summed E-state index contributed by atoms with van der Waals surface area (Å²) < 4.78 is 15.8. The number of hydrogen-bond donors (Lipinski definition) is 0. The summed E-state index contributed by atoms with van der Waals surface area (Å²) in [4.78, 5) is 29.1. The van der Waals surface area contributed by atoms with Crippen LogP contribution in [0.3, 0.4) is 0 Å². The van der Waals surface area contributed by atoms with Crippen LogP contribution in [0.4, 0.5) is 4.79 Å². The van der Waals surface area contributed by atoms with Crippen molar-refractivity contribution in [2.24, 2.45) is 5.92 Å². The largest absolute Gasteiger partial charge is 0.465 e. The van der Waals surface area contributed by atoms with E-state index < -0.39 is 0 Å². The summed E-state index contributed by atoms with van der Waals surface area (Å²) in [7, 11) is 0. The molecule has 1 atom stereocenters. The van der Waals surface area contributed by atoms with E-state index in [0.29, 0.717) is 42.8 Å². The second-order valence-electron chi connectivity index (χ2n) is 6.89. The molecule has 0 spiro atoms. The average molecular weight is 403 g/mol. The fraction of sp³-hybridized carbons (Fsp3) is 0.350. The number of ether oxygens (including phenoxy) is 3. The molecule has 2 fully saturated rings. The van der Waals surface area contributed by atoms with Gasteiger partial charge in [0.25, 0.3) is 0 Å². The van der Waals surface area contributed by atoms with Gasteiger partial charge in [0.1, 0.15) is 5.75 Å². The van der Waals surface area contributed by atoms with Crippen molar-refractivity contribution < 1.29 is 23.8 Å². The number of pyridine rings is 1. The highest BCUT2D eigenvalue weighted by molar-refractivity contribution is 6.32. The lowest BCUT2D eigenvalue weighted by molar-refractivity contribution is -0.137. The molecule has 8 heteroatoms. The average Bonchev–Trinajstić information content (AvgIpc) is 3.07. The maximum Gasteiger partial charge on any atom is 0.409 e. The van der Waals surface area contributed by atoms with Crippen molar-refractivity contribution in [1.82, 2.24) is 9.88 Å². The minimum Gasteiger partial charge on any atom is -0.465 e. The maximum absolute atomic E-state index is 12.1. The Kier molecular flexibility index (Phi) is 5.34. The van der Waals surface area contributed by atoms with Gasteiger partial charge in [0, 0.05) is 37.2 Å². The quantitative estimate of drug-likeness (QED) is 0.711. The monoisotopic (exact) mass is 402 g/mol. The molecule has 146 valence electrons. The second kappa shape index (κ2) is 8.06. The molecule has 2 aliphatic rings. The molecule has 0 radical (unpaired) electrons. The molecular weight excluding hydrogens is 384 g/mol. The number of amides is 1. The fourth-order valence-electron chi connectivity index (χ4n) is 3.12. The smallest absolute Gasteiger partial charge is 0.409 e. The van der Waals surface area contributed by atoms with Gasteiger partial charge >= 0.3 is 12.1 Å². The van der Waals surface area contributed by atoms with Gasteiger partial charge in [0.2, 0.25) is 5.88 Å². The number of hydrogen-bond acceptors (Lipinski definition) is 6. The molecule has 28 heavy (non-hydrogen) atoms. The Labute approximate surface area is 167 Å². The first-order chi connectivity index (χ1) is 13.6. The number of carbonyl (C=O) groups is 2. The van der Waals surface area contributed by atoms with Gasteiger partial charge in [0.05, 0.1) is 24.7 Å². The summed E-state index contributed by atoms with van der Waals surface area (Å²) in [5.74, 6) is 0.950. The van der Waals surface area contributed by atoms with Crippen molar-refractivity contribution in [2.75, 3.05) is 26.3 Å². The molecule has 1 amide bonds. The SMILES string of the molecule is O=C1C[C@H](COC(=O)N2CC(c3ccc(Oc4ccccc4Cl)nc3)C2)CO1. The predicted molar refractivity (Wildman–Crippen MR) is 100 cm³/mol. The van der Waals surface area contributed by atoms with Crippen LogP contribution in [-0.4, -0.2) is 48.2 Å². The van der Waals surface area contributed by atoms with Gasteiger partial charge in [-0.15, -0.1) is 0 Å². The number of nitrogens with zero attached hydrogens (tertiary/aromatic N) is 2. The van der Waals surface area contributed by atoms with Crippen molar-refractivity contribution in [3.63, 3.8) is 0 Å². The third-order valence-corrected chi connectivity index (χ3v) is 5.11. The van der Waals surface area contributed by atoms with Crippen LogP contribution in [0.5, 0.6) is 11.6 Å². The number of halogens is 1. The summed E-state index contributed by atoms with van der Waals surface area (Å²) in [6, 6.07) is 10.9. The Morgan fingerprint density at radius 3 is 2.75 bits per heavy atom. The van der Waals surface area contributed by atoms with E-state index in [1.165, 1.54) is 0 Å². The first-order valence-corrected chi connectivity index (χ1v) is 9.42. The van der Waals surface area contributed by atoms with Gasteiger partial charge in [-0.2, -0.15) is 0 Å². The van der Waals surface area contributed by atoms with E-state index in [9.17, 15) is 9.59 Å². The van der Waals surface area contributed by atoms with E-state index in [2.05, 4.69) is 4.98 Å². The number of para-hydroxylation sites is 1. The van der Waals surface area contributed by atoms with E-state index >= 15 is 0 Å². The van der Waals surface area contributed by atoms with Crippen LogP contribution in [-0.2, 0) is 14.3 Å². The zero-order valence-corrected chi connectivity index (χ0v) is 15.8. The third-order valence-electron chi connectivity index (χ3n) is 4.80. The van der Waals surface area contributed by atoms with Crippen LogP contribution < -0.4 is 4.74 Å². The molecule has 0 bridgehead atoms. The van der Waals surface area contributed by atoms with Gasteiger partial charge in [-0.25, -0.2) is 9.78 Å². The summed E-state index contributed by atoms with van der Waals surface area (Å²) in [6.45, 7) is 1.68. The zero-order chi connectivity index (χ0) is 19.5. The number of benzene rings is 1. The summed E-state index contributed by atoms with van der Waals surface area (Å²) in [6.07, 6.45) is 1.70. The highest BCUT2D eigenvalue weighted by atomic mass is 35.5. The van der Waals surface area contributed by atoms with Crippen LogP contribution in [0.2, 0.25) is 5.02 Å². The Morgan fingerprint density at radius 2 is 2.07 bits per heavy atom. The lowest BCUT2D eigenvalue weighted by atomic mass is 9.93. The number of rotatable bonds is 5. The lowest BCUT2D eigenvalue weighted by Gasteiger charge is -2.38. The van der Waals surface area contributed by atoms with E-state index in [-0.39, 0.29) is 30.5 Å². The maximum atomic E-state index is 12.1. The normalized spacial score (nSPS) is 19.1. The molecule has 0 saturated carbocycles. The Bertz CT molecular complexity index is 867. The van der Waals surface area contributed by atoms with Gasteiger partial charge in [-0.05, 0) is 17.7 Å². The first kappa shape index (κ1) is 18.6. The molecule has 2 saturated heterocycles. The van der Waals surface area contributed by atoms with Crippen LogP contribution >= 0.6 is 11.6 Å². The van der Waals surface area contributed by atoms with Crippen LogP contribution in [0, 0.1) is 5.92 Å². The Morgan fingerprint density at radius 1 is 1.25 bits per heavy atom. The van der Waals surface area contributed by atoms with E-state index in [1.807, 2.05) is 18.2 Å². The second-order valence-corrected chi connectivity index (χ2v) is 7.30. The summed E-state index contributed by atoms with van der Waals surface area (Å²) >= 11 is 6.08. The molecule has 1 aromatic carbocycles. The Balaban J connectivity index is 1.24. The topological polar surface area (TPSA) is 78.0 Å². The number of carbonyl (C=O) groups excluding carboxylic acids is 2. The molecule has 2 aromatic rings. The fourth-order valence-corrected chi connectivity index (χ4v) is 3.30. The van der Waals surface area contributed by atoms with Gasteiger partial charge in [0.15, 0.2) is 0 Å². The van der Waals surface area contributed by atoms with E-state index in [0.717, 1.165) is 5.56 Å². The summed E-state index contributed by atoms with van der Waals surface area (Å²) in [5.41, 5.74) is 1.03. The number of aromatic nitrogens is 1. The third kappa shape index (κ3) is 4.20. The lowest BCUT2D eigenvalue weighted by Crippen LogP contribution is -2.49. The Hall–Kier alpha value is -2.80. The molecule has 4 rings (SSSR count).